The molecular formula is C16H21ClO2. The molecule has 19 heavy (non-hydrogen) atoms. The van der Waals surface area contributed by atoms with Gasteiger partial charge in [0, 0.05) is 5.02 Å². The molecule has 1 aromatic carbocycles. The number of phenols is 1. The highest BCUT2D eigenvalue weighted by Crippen LogP contribution is 2.56. The van der Waals surface area contributed by atoms with Crippen LogP contribution in [0, 0.1) is 11.3 Å². The Balaban J connectivity index is 1.82. The van der Waals surface area contributed by atoms with E-state index in [-0.39, 0.29) is 17.3 Å². The van der Waals surface area contributed by atoms with Gasteiger partial charge in [0.05, 0.1) is 6.10 Å². The highest BCUT2D eigenvalue weighted by molar-refractivity contribution is 6.31. The van der Waals surface area contributed by atoms with Crippen molar-refractivity contribution in [1.29, 1.82) is 0 Å². The molecule has 2 aliphatic rings. The third-order valence-corrected chi connectivity index (χ3v) is 5.83. The number of rotatable bonds is 1. The molecule has 0 bridgehead atoms. The molecule has 0 spiro atoms. The SMILES string of the molecule is C[C@]12CC[C@H](c3ccc(O)cc3Cl)C[C@H]1CC[C@@H]2O. The van der Waals surface area contributed by atoms with Crippen LogP contribution in [0.3, 0.4) is 0 Å². The zero-order valence-electron chi connectivity index (χ0n) is 11.3. The van der Waals surface area contributed by atoms with E-state index in [1.54, 1.807) is 12.1 Å². The van der Waals surface area contributed by atoms with Crippen molar-refractivity contribution in [2.45, 2.75) is 51.0 Å². The summed E-state index contributed by atoms with van der Waals surface area (Å²) in [5.74, 6) is 1.30. The second-order valence-corrected chi connectivity index (χ2v) is 6.88. The van der Waals surface area contributed by atoms with Crippen molar-refractivity contribution < 1.29 is 10.2 Å². The highest BCUT2D eigenvalue weighted by Gasteiger charge is 2.49. The molecule has 4 atom stereocenters. The van der Waals surface area contributed by atoms with Crippen LogP contribution in [0.2, 0.25) is 5.02 Å². The van der Waals surface area contributed by atoms with Gasteiger partial charge in [0.1, 0.15) is 5.75 Å². The van der Waals surface area contributed by atoms with Crippen LogP contribution in [0.5, 0.6) is 5.75 Å². The average Bonchev–Trinajstić information content (AvgIpc) is 2.66. The number of benzene rings is 1. The van der Waals surface area contributed by atoms with Gasteiger partial charge in [-0.3, -0.25) is 0 Å². The van der Waals surface area contributed by atoms with Crippen LogP contribution >= 0.6 is 11.6 Å². The predicted octanol–water partition coefficient (Wildman–Crippen LogP) is 4.09. The van der Waals surface area contributed by atoms with Gasteiger partial charge in [-0.1, -0.05) is 24.6 Å². The van der Waals surface area contributed by atoms with Gasteiger partial charge in [-0.15, -0.1) is 0 Å². The van der Waals surface area contributed by atoms with Crippen LogP contribution in [0.1, 0.15) is 50.5 Å². The molecule has 2 fully saturated rings. The Kier molecular flexibility index (Phi) is 3.26. The van der Waals surface area contributed by atoms with E-state index >= 15 is 0 Å². The van der Waals surface area contributed by atoms with Crippen LogP contribution in [0.4, 0.5) is 0 Å². The molecule has 2 N–H and O–H groups in total. The Morgan fingerprint density at radius 1 is 1.26 bits per heavy atom. The molecule has 104 valence electrons. The van der Waals surface area contributed by atoms with E-state index in [1.165, 1.54) is 0 Å². The molecule has 0 saturated heterocycles. The van der Waals surface area contributed by atoms with Crippen LogP contribution < -0.4 is 0 Å². The van der Waals surface area contributed by atoms with E-state index in [0.29, 0.717) is 16.9 Å². The maximum Gasteiger partial charge on any atom is 0.117 e. The van der Waals surface area contributed by atoms with E-state index in [0.717, 1.165) is 37.7 Å². The zero-order chi connectivity index (χ0) is 13.6. The van der Waals surface area contributed by atoms with Crippen molar-refractivity contribution in [2.75, 3.05) is 0 Å². The molecule has 2 aliphatic carbocycles. The van der Waals surface area contributed by atoms with E-state index < -0.39 is 0 Å². The third kappa shape index (κ3) is 2.15. The van der Waals surface area contributed by atoms with E-state index in [1.807, 2.05) is 6.07 Å². The standard InChI is InChI=1S/C16H21ClO2/c1-16-7-6-10(8-11(16)2-5-15(16)19)13-4-3-12(18)9-14(13)17/h3-4,9-11,15,18-19H,2,5-8H2,1H3/t10-,11+,15-,16-/m0/s1. The third-order valence-electron chi connectivity index (χ3n) is 5.51. The van der Waals surface area contributed by atoms with Crippen molar-refractivity contribution in [1.82, 2.24) is 0 Å². The number of hydrogen-bond acceptors (Lipinski definition) is 2. The topological polar surface area (TPSA) is 40.5 Å². The van der Waals surface area contributed by atoms with Gasteiger partial charge in [0.15, 0.2) is 0 Å². The lowest BCUT2D eigenvalue weighted by Gasteiger charge is -2.42. The number of hydrogen-bond donors (Lipinski definition) is 2. The van der Waals surface area contributed by atoms with Gasteiger partial charge >= 0.3 is 0 Å². The first kappa shape index (κ1) is 13.3. The first-order valence-corrected chi connectivity index (χ1v) is 7.55. The fourth-order valence-electron chi connectivity index (χ4n) is 4.12. The Morgan fingerprint density at radius 2 is 2.05 bits per heavy atom. The maximum atomic E-state index is 10.2. The molecule has 3 rings (SSSR count). The van der Waals surface area contributed by atoms with E-state index in [9.17, 15) is 10.2 Å². The molecule has 0 amide bonds. The minimum Gasteiger partial charge on any atom is -0.508 e. The van der Waals surface area contributed by atoms with Gasteiger partial charge in [-0.05, 0) is 67.1 Å². The highest BCUT2D eigenvalue weighted by atomic mass is 35.5. The summed E-state index contributed by atoms with van der Waals surface area (Å²) < 4.78 is 0. The van der Waals surface area contributed by atoms with E-state index in [4.69, 9.17) is 11.6 Å². The Hall–Kier alpha value is -0.730. The fourth-order valence-corrected chi connectivity index (χ4v) is 4.45. The van der Waals surface area contributed by atoms with Gasteiger partial charge < -0.3 is 10.2 Å². The van der Waals surface area contributed by atoms with Crippen LogP contribution in [0.25, 0.3) is 0 Å². The second-order valence-electron chi connectivity index (χ2n) is 6.47. The molecular weight excluding hydrogens is 260 g/mol. The lowest BCUT2D eigenvalue weighted by molar-refractivity contribution is 0.00872. The number of aliphatic hydroxyl groups excluding tert-OH is 1. The number of fused-ring (bicyclic) bond motifs is 1. The summed E-state index contributed by atoms with van der Waals surface area (Å²) in [6, 6.07) is 5.31. The maximum absolute atomic E-state index is 10.2. The second kappa shape index (κ2) is 4.68. The molecule has 0 aromatic heterocycles. The number of aromatic hydroxyl groups is 1. The van der Waals surface area contributed by atoms with Crippen molar-refractivity contribution in [3.05, 3.63) is 28.8 Å². The lowest BCUT2D eigenvalue weighted by Crippen LogP contribution is -2.37. The fraction of sp³-hybridized carbons (Fsp3) is 0.625. The summed E-state index contributed by atoms with van der Waals surface area (Å²) in [5.41, 5.74) is 1.27. The summed E-state index contributed by atoms with van der Waals surface area (Å²) in [6.07, 6.45) is 5.20. The number of halogens is 1. The minimum absolute atomic E-state index is 0.111. The molecule has 0 unspecified atom stereocenters. The monoisotopic (exact) mass is 280 g/mol. The van der Waals surface area contributed by atoms with Crippen LogP contribution in [0.15, 0.2) is 18.2 Å². The van der Waals surface area contributed by atoms with Crippen LogP contribution in [-0.4, -0.2) is 16.3 Å². The summed E-state index contributed by atoms with van der Waals surface area (Å²) in [7, 11) is 0. The molecule has 2 saturated carbocycles. The summed E-state index contributed by atoms with van der Waals surface area (Å²) in [4.78, 5) is 0. The van der Waals surface area contributed by atoms with E-state index in [2.05, 4.69) is 6.92 Å². The van der Waals surface area contributed by atoms with Crippen molar-refractivity contribution in [3.8, 4) is 5.75 Å². The minimum atomic E-state index is -0.131. The lowest BCUT2D eigenvalue weighted by atomic mass is 9.64. The predicted molar refractivity (Wildman–Crippen MR) is 76.5 cm³/mol. The van der Waals surface area contributed by atoms with Gasteiger partial charge in [-0.2, -0.15) is 0 Å². The molecule has 2 nitrogen and oxygen atoms in total. The van der Waals surface area contributed by atoms with Crippen LogP contribution in [-0.2, 0) is 0 Å². The smallest absolute Gasteiger partial charge is 0.117 e. The van der Waals surface area contributed by atoms with Gasteiger partial charge in [-0.25, -0.2) is 0 Å². The summed E-state index contributed by atoms with van der Waals surface area (Å²) in [5, 5.41) is 20.3. The first-order valence-electron chi connectivity index (χ1n) is 7.17. The summed E-state index contributed by atoms with van der Waals surface area (Å²) in [6.45, 7) is 2.24. The Bertz CT molecular complexity index is 488. The normalized spacial score (nSPS) is 38.2. The van der Waals surface area contributed by atoms with Crippen molar-refractivity contribution in [3.63, 3.8) is 0 Å². The van der Waals surface area contributed by atoms with Gasteiger partial charge in [0.25, 0.3) is 0 Å². The van der Waals surface area contributed by atoms with Gasteiger partial charge in [0.2, 0.25) is 0 Å². The molecule has 0 aliphatic heterocycles. The largest absolute Gasteiger partial charge is 0.508 e. The Labute approximate surface area is 119 Å². The number of aliphatic hydroxyl groups is 1. The molecule has 0 heterocycles. The quantitative estimate of drug-likeness (QED) is 0.813. The molecule has 1 aromatic rings. The van der Waals surface area contributed by atoms with Crippen molar-refractivity contribution in [2.24, 2.45) is 11.3 Å². The number of phenolic OH excluding ortho intramolecular Hbond substituents is 1. The van der Waals surface area contributed by atoms with Crippen molar-refractivity contribution >= 4 is 11.6 Å². The molecule has 3 heteroatoms. The zero-order valence-corrected chi connectivity index (χ0v) is 12.0. The Morgan fingerprint density at radius 3 is 2.79 bits per heavy atom. The first-order chi connectivity index (χ1) is 9.00. The summed E-state index contributed by atoms with van der Waals surface area (Å²) >= 11 is 6.26. The average molecular weight is 281 g/mol. The molecule has 0 radical (unpaired) electrons.